The molecule has 3 atom stereocenters. The monoisotopic (exact) mass is 453 g/mol. The number of carbonyl (C=O) groups is 1. The van der Waals surface area contributed by atoms with Crippen LogP contribution < -0.4 is 15.4 Å². The fraction of sp³-hybridized carbons (Fsp3) is 0.588. The number of hydrogen-bond acceptors (Lipinski definition) is 5. The van der Waals surface area contributed by atoms with E-state index in [0.29, 0.717) is 35.0 Å². The summed E-state index contributed by atoms with van der Waals surface area (Å²) < 4.78 is 31.2. The number of anilines is 1. The van der Waals surface area contributed by atoms with Crippen LogP contribution in [0.4, 0.5) is 10.5 Å². The zero-order valence-corrected chi connectivity index (χ0v) is 17.8. The van der Waals surface area contributed by atoms with E-state index in [0.717, 1.165) is 0 Å². The van der Waals surface area contributed by atoms with Crippen molar-refractivity contribution in [2.45, 2.75) is 44.4 Å². The number of aliphatic hydroxyl groups excluding tert-OH is 1. The summed E-state index contributed by atoms with van der Waals surface area (Å²) in [7, 11) is -3.24. The highest BCUT2D eigenvalue weighted by Gasteiger charge is 2.31. The lowest BCUT2D eigenvalue weighted by Crippen LogP contribution is -2.52. The Bertz CT molecular complexity index is 758. The van der Waals surface area contributed by atoms with Gasteiger partial charge in [-0.25, -0.2) is 17.9 Å². The normalized spacial score (nSPS) is 22.6. The standard InChI is InChI=1S/C17H25Cl2N3O5S/c1-2-28(25,26)20-6-5-14-3-4-15(16(10-23)27-14)22-17(24)21-13-8-11(18)7-12(19)9-13/h7-9,14-16,20,23H,2-6,10H2,1H3,(H2,21,22,24)/t14-,15+,16-/m1/s1. The molecule has 1 fully saturated rings. The van der Waals surface area contributed by atoms with Crippen molar-refractivity contribution in [1.82, 2.24) is 10.0 Å². The molecule has 1 aromatic rings. The number of nitrogens with one attached hydrogen (secondary N) is 3. The van der Waals surface area contributed by atoms with Gasteiger partial charge in [-0.1, -0.05) is 23.2 Å². The van der Waals surface area contributed by atoms with Crippen molar-refractivity contribution in [3.8, 4) is 0 Å². The molecule has 1 aliphatic heterocycles. The quantitative estimate of drug-likeness (QED) is 0.481. The maximum absolute atomic E-state index is 12.2. The molecule has 1 saturated heterocycles. The van der Waals surface area contributed by atoms with Gasteiger partial charge < -0.3 is 20.5 Å². The molecule has 0 saturated carbocycles. The molecule has 0 unspecified atom stereocenters. The lowest BCUT2D eigenvalue weighted by molar-refractivity contribution is -0.0884. The predicted molar refractivity (Wildman–Crippen MR) is 109 cm³/mol. The number of ether oxygens (including phenoxy) is 1. The summed E-state index contributed by atoms with van der Waals surface area (Å²) in [5.74, 6) is 0.0245. The second-order valence-electron chi connectivity index (χ2n) is 6.51. The minimum Gasteiger partial charge on any atom is -0.394 e. The van der Waals surface area contributed by atoms with E-state index < -0.39 is 22.2 Å². The summed E-state index contributed by atoms with van der Waals surface area (Å²) in [6.07, 6.45) is 0.966. The molecule has 1 aliphatic rings. The van der Waals surface area contributed by atoms with Crippen molar-refractivity contribution < 1.29 is 23.1 Å². The predicted octanol–water partition coefficient (Wildman–Crippen LogP) is 2.35. The van der Waals surface area contributed by atoms with Gasteiger partial charge in [-0.05, 0) is 44.4 Å². The molecule has 8 nitrogen and oxygen atoms in total. The van der Waals surface area contributed by atoms with Gasteiger partial charge >= 0.3 is 6.03 Å². The van der Waals surface area contributed by atoms with Gasteiger partial charge in [-0.3, -0.25) is 0 Å². The fourth-order valence-corrected chi connectivity index (χ4v) is 4.11. The summed E-state index contributed by atoms with van der Waals surface area (Å²) in [5, 5.41) is 15.8. The summed E-state index contributed by atoms with van der Waals surface area (Å²) in [6.45, 7) is 1.58. The highest BCUT2D eigenvalue weighted by molar-refractivity contribution is 7.89. The number of sulfonamides is 1. The Morgan fingerprint density at radius 1 is 1.25 bits per heavy atom. The van der Waals surface area contributed by atoms with Crippen LogP contribution in [0.1, 0.15) is 26.2 Å². The Labute approximate surface area is 175 Å². The van der Waals surface area contributed by atoms with Crippen LogP contribution >= 0.6 is 23.2 Å². The van der Waals surface area contributed by atoms with Crippen molar-refractivity contribution >= 4 is 44.9 Å². The molecule has 0 spiro atoms. The number of rotatable bonds is 8. The summed E-state index contributed by atoms with van der Waals surface area (Å²) >= 11 is 11.8. The molecule has 0 radical (unpaired) electrons. The SMILES string of the molecule is CCS(=O)(=O)NCC[C@H]1CC[C@H](NC(=O)Nc2cc(Cl)cc(Cl)c2)[C@@H](CO)O1. The number of hydrogen-bond donors (Lipinski definition) is 4. The first-order valence-electron chi connectivity index (χ1n) is 8.99. The van der Waals surface area contributed by atoms with Crippen LogP contribution in [0.3, 0.4) is 0 Å². The number of halogens is 2. The molecular formula is C17H25Cl2N3O5S. The Balaban J connectivity index is 1.83. The molecule has 1 heterocycles. The topological polar surface area (TPSA) is 117 Å². The molecule has 2 rings (SSSR count). The van der Waals surface area contributed by atoms with Crippen LogP contribution in [0.5, 0.6) is 0 Å². The van der Waals surface area contributed by atoms with Crippen molar-refractivity contribution in [3.05, 3.63) is 28.2 Å². The first kappa shape index (κ1) is 23.2. The average molecular weight is 454 g/mol. The second-order valence-corrected chi connectivity index (χ2v) is 9.47. The molecule has 11 heteroatoms. The Morgan fingerprint density at radius 3 is 2.54 bits per heavy atom. The van der Waals surface area contributed by atoms with Crippen LogP contribution in [0.15, 0.2) is 18.2 Å². The molecule has 28 heavy (non-hydrogen) atoms. The van der Waals surface area contributed by atoms with E-state index in [1.807, 2.05) is 0 Å². The first-order valence-corrected chi connectivity index (χ1v) is 11.4. The number of amides is 2. The molecule has 1 aromatic carbocycles. The molecule has 0 aromatic heterocycles. The van der Waals surface area contributed by atoms with Crippen molar-refractivity contribution in [2.75, 3.05) is 24.2 Å². The third-order valence-electron chi connectivity index (χ3n) is 4.40. The highest BCUT2D eigenvalue weighted by atomic mass is 35.5. The van der Waals surface area contributed by atoms with Crippen molar-refractivity contribution in [3.63, 3.8) is 0 Å². The lowest BCUT2D eigenvalue weighted by atomic mass is 9.97. The van der Waals surface area contributed by atoms with Gasteiger partial charge in [0, 0.05) is 22.3 Å². The van der Waals surface area contributed by atoms with Crippen LogP contribution in [-0.2, 0) is 14.8 Å². The third kappa shape index (κ3) is 7.38. The minimum atomic E-state index is -3.24. The van der Waals surface area contributed by atoms with Crippen LogP contribution in [0, 0.1) is 0 Å². The zero-order valence-electron chi connectivity index (χ0n) is 15.5. The van der Waals surface area contributed by atoms with Crippen LogP contribution in [0.2, 0.25) is 10.0 Å². The average Bonchev–Trinajstić information content (AvgIpc) is 2.61. The van der Waals surface area contributed by atoms with E-state index in [2.05, 4.69) is 15.4 Å². The molecular weight excluding hydrogens is 429 g/mol. The van der Waals surface area contributed by atoms with Gasteiger partial charge in [0.05, 0.1) is 24.5 Å². The smallest absolute Gasteiger partial charge is 0.319 e. The van der Waals surface area contributed by atoms with E-state index >= 15 is 0 Å². The van der Waals surface area contributed by atoms with Crippen LogP contribution in [0.25, 0.3) is 0 Å². The summed E-state index contributed by atoms with van der Waals surface area (Å²) in [5.41, 5.74) is 0.452. The summed E-state index contributed by atoms with van der Waals surface area (Å²) in [4.78, 5) is 12.2. The van der Waals surface area contributed by atoms with Gasteiger partial charge in [0.25, 0.3) is 0 Å². The Morgan fingerprint density at radius 2 is 1.93 bits per heavy atom. The molecule has 4 N–H and O–H groups in total. The second kappa shape index (κ2) is 10.6. The number of urea groups is 1. The molecule has 158 valence electrons. The van der Waals surface area contributed by atoms with E-state index in [9.17, 15) is 18.3 Å². The molecule has 0 aliphatic carbocycles. The van der Waals surface area contributed by atoms with E-state index in [-0.39, 0.29) is 31.1 Å². The third-order valence-corrected chi connectivity index (χ3v) is 6.24. The van der Waals surface area contributed by atoms with E-state index in [4.69, 9.17) is 27.9 Å². The van der Waals surface area contributed by atoms with Gasteiger partial charge in [0.15, 0.2) is 0 Å². The minimum absolute atomic E-state index is 0.0245. The highest BCUT2D eigenvalue weighted by Crippen LogP contribution is 2.24. The number of benzene rings is 1. The Hall–Kier alpha value is -1.10. The van der Waals surface area contributed by atoms with E-state index in [1.165, 1.54) is 0 Å². The largest absolute Gasteiger partial charge is 0.394 e. The van der Waals surface area contributed by atoms with E-state index in [1.54, 1.807) is 25.1 Å². The lowest BCUT2D eigenvalue weighted by Gasteiger charge is -2.36. The Kier molecular flexibility index (Phi) is 8.79. The van der Waals surface area contributed by atoms with Gasteiger partial charge in [-0.15, -0.1) is 0 Å². The number of carbonyl (C=O) groups excluding carboxylic acids is 1. The van der Waals surface area contributed by atoms with Crippen molar-refractivity contribution in [2.24, 2.45) is 0 Å². The van der Waals surface area contributed by atoms with Crippen molar-refractivity contribution in [1.29, 1.82) is 0 Å². The maximum Gasteiger partial charge on any atom is 0.319 e. The zero-order chi connectivity index (χ0) is 20.7. The number of aliphatic hydroxyl groups is 1. The molecule has 2 amide bonds. The fourth-order valence-electron chi connectivity index (χ4n) is 2.95. The first-order chi connectivity index (χ1) is 13.2. The summed E-state index contributed by atoms with van der Waals surface area (Å²) in [6, 6.07) is 3.87. The van der Waals surface area contributed by atoms with Gasteiger partial charge in [0.1, 0.15) is 6.10 Å². The maximum atomic E-state index is 12.2. The van der Waals surface area contributed by atoms with Crippen LogP contribution in [-0.4, -0.2) is 56.7 Å². The van der Waals surface area contributed by atoms with Gasteiger partial charge in [-0.2, -0.15) is 0 Å². The van der Waals surface area contributed by atoms with Gasteiger partial charge in [0.2, 0.25) is 10.0 Å². The molecule has 0 bridgehead atoms.